The molecule has 1 aliphatic heterocycles. The molecule has 0 amide bonds. The van der Waals surface area contributed by atoms with Crippen molar-refractivity contribution in [3.8, 4) is 6.07 Å². The van der Waals surface area contributed by atoms with Crippen molar-refractivity contribution in [1.29, 1.82) is 5.26 Å². The number of rotatable bonds is 4. The van der Waals surface area contributed by atoms with Gasteiger partial charge in [0.2, 0.25) is 10.9 Å². The summed E-state index contributed by atoms with van der Waals surface area (Å²) in [6, 6.07) is 5.52. The van der Waals surface area contributed by atoms with E-state index in [0.29, 0.717) is 11.3 Å². The lowest BCUT2D eigenvalue weighted by molar-refractivity contribution is -0.0642. The van der Waals surface area contributed by atoms with Gasteiger partial charge >= 0.3 is 0 Å². The number of nitriles is 1. The lowest BCUT2D eigenvalue weighted by Gasteiger charge is -2.24. The van der Waals surface area contributed by atoms with Crippen LogP contribution in [0.15, 0.2) is 12.1 Å². The summed E-state index contributed by atoms with van der Waals surface area (Å²) < 4.78 is 6.98. The zero-order valence-corrected chi connectivity index (χ0v) is 15.2. The zero-order valence-electron chi connectivity index (χ0n) is 14.4. The van der Waals surface area contributed by atoms with Gasteiger partial charge in [0.15, 0.2) is 5.82 Å². The number of fused-ring (bicyclic) bond motifs is 1. The van der Waals surface area contributed by atoms with E-state index in [-0.39, 0.29) is 17.0 Å². The largest absolute Gasteiger partial charge is 0.394 e. The molecule has 1 saturated heterocycles. The van der Waals surface area contributed by atoms with Crippen molar-refractivity contribution < 1.29 is 20.1 Å². The van der Waals surface area contributed by atoms with Crippen molar-refractivity contribution in [1.82, 2.24) is 14.6 Å². The summed E-state index contributed by atoms with van der Waals surface area (Å²) in [5, 5.41) is 47.3. The number of nitrogens with one attached hydrogen (secondary N) is 1. The van der Waals surface area contributed by atoms with Gasteiger partial charge in [-0.3, -0.25) is 0 Å². The fraction of sp³-hybridized carbons (Fsp3) is 0.588. The Bertz CT molecular complexity index is 893. The summed E-state index contributed by atoms with van der Waals surface area (Å²) in [7, 11) is 0. The zero-order chi connectivity index (χ0) is 19.2. The predicted molar refractivity (Wildman–Crippen MR) is 95.1 cm³/mol. The van der Waals surface area contributed by atoms with E-state index >= 15 is 0 Å². The maximum absolute atomic E-state index is 10.5. The van der Waals surface area contributed by atoms with E-state index < -0.39 is 30.5 Å². The average molecular weight is 394 g/mol. The van der Waals surface area contributed by atoms with E-state index in [1.54, 1.807) is 12.1 Å². The van der Waals surface area contributed by atoms with Crippen molar-refractivity contribution in [2.24, 2.45) is 0 Å². The Balaban J connectivity index is 1.81. The number of aromatic nitrogens is 3. The van der Waals surface area contributed by atoms with E-state index in [2.05, 4.69) is 15.4 Å². The highest BCUT2D eigenvalue weighted by Gasteiger charge is 2.57. The number of halogens is 1. The van der Waals surface area contributed by atoms with Gasteiger partial charge in [0.1, 0.15) is 29.9 Å². The molecule has 2 aliphatic rings. The first kappa shape index (κ1) is 18.4. The lowest BCUT2D eigenvalue weighted by atomic mass is 9.92. The van der Waals surface area contributed by atoms with Gasteiger partial charge in [0.25, 0.3) is 0 Å². The minimum absolute atomic E-state index is 0.0275. The predicted octanol–water partition coefficient (Wildman–Crippen LogP) is 0.569. The third-order valence-corrected chi connectivity index (χ3v) is 5.53. The summed E-state index contributed by atoms with van der Waals surface area (Å²) in [5.74, 6) is 0.535. The van der Waals surface area contributed by atoms with E-state index in [1.165, 1.54) is 4.52 Å². The molecule has 2 aromatic rings. The normalized spacial score (nSPS) is 31.4. The first-order valence-corrected chi connectivity index (χ1v) is 9.26. The molecule has 0 aromatic carbocycles. The Labute approximate surface area is 160 Å². The Morgan fingerprint density at radius 1 is 1.37 bits per heavy atom. The smallest absolute Gasteiger partial charge is 0.243 e. The first-order chi connectivity index (χ1) is 13.0. The number of nitrogens with zero attached hydrogens (tertiary/aromatic N) is 4. The molecule has 0 bridgehead atoms. The average Bonchev–Trinajstić information content (AvgIpc) is 3.36. The van der Waals surface area contributed by atoms with Crippen LogP contribution in [0.5, 0.6) is 0 Å². The van der Waals surface area contributed by atoms with Crippen molar-refractivity contribution in [2.45, 2.75) is 55.6 Å². The van der Waals surface area contributed by atoms with E-state index in [9.17, 15) is 20.6 Å². The van der Waals surface area contributed by atoms with Crippen LogP contribution in [-0.4, -0.2) is 60.9 Å². The maximum atomic E-state index is 10.5. The second-order valence-corrected chi connectivity index (χ2v) is 7.33. The highest BCUT2D eigenvalue weighted by Crippen LogP contribution is 2.40. The molecule has 2 aromatic heterocycles. The minimum atomic E-state index is -1.89. The molecular formula is C17H20ClN5O4. The molecule has 0 spiro atoms. The molecule has 144 valence electrons. The number of ether oxygens (including phenoxy) is 1. The van der Waals surface area contributed by atoms with Crippen LogP contribution >= 0.6 is 11.6 Å². The van der Waals surface area contributed by atoms with E-state index in [0.717, 1.165) is 25.7 Å². The monoisotopic (exact) mass is 393 g/mol. The summed E-state index contributed by atoms with van der Waals surface area (Å²) in [6.45, 7) is -0.533. The van der Waals surface area contributed by atoms with E-state index in [4.69, 9.17) is 16.3 Å². The van der Waals surface area contributed by atoms with Gasteiger partial charge in [-0.15, -0.1) is 5.10 Å². The molecule has 4 rings (SSSR count). The first-order valence-electron chi connectivity index (χ1n) is 8.88. The van der Waals surface area contributed by atoms with Gasteiger partial charge in [-0.25, -0.2) is 4.52 Å². The molecule has 1 saturated carbocycles. The Morgan fingerprint density at radius 2 is 2.11 bits per heavy atom. The van der Waals surface area contributed by atoms with Crippen LogP contribution < -0.4 is 5.32 Å². The van der Waals surface area contributed by atoms with Gasteiger partial charge in [-0.2, -0.15) is 10.2 Å². The van der Waals surface area contributed by atoms with Crippen LogP contribution in [0.1, 0.15) is 31.4 Å². The fourth-order valence-electron chi connectivity index (χ4n) is 3.95. The van der Waals surface area contributed by atoms with Gasteiger partial charge < -0.3 is 25.4 Å². The minimum Gasteiger partial charge on any atom is -0.394 e. The fourth-order valence-corrected chi connectivity index (χ4v) is 4.11. The molecule has 4 N–H and O–H groups in total. The molecule has 9 nitrogen and oxygen atoms in total. The van der Waals surface area contributed by atoms with Gasteiger partial charge in [0, 0.05) is 6.04 Å². The van der Waals surface area contributed by atoms with Crippen LogP contribution in [0.2, 0.25) is 5.28 Å². The molecule has 10 heteroatoms. The quantitative estimate of drug-likeness (QED) is 0.591. The Kier molecular flexibility index (Phi) is 4.70. The standard InChI is InChI=1S/C17H20ClN5O4/c18-16-21-15(20-9-3-1-2-4-9)10-5-6-12(23(10)22-16)17(8-19)14(26)13(25)11(7-24)27-17/h5-6,9,11,13-14,24-26H,1-4,7H2,(H,20,21,22)/t11-,13-,14-,17+/m1/s1. The van der Waals surface area contributed by atoms with Gasteiger partial charge in [-0.05, 0) is 36.6 Å². The molecule has 3 heterocycles. The van der Waals surface area contributed by atoms with Crippen LogP contribution in [-0.2, 0) is 10.3 Å². The molecule has 0 unspecified atom stereocenters. The second-order valence-electron chi connectivity index (χ2n) is 6.99. The summed E-state index contributed by atoms with van der Waals surface area (Å²) in [4.78, 5) is 4.27. The van der Waals surface area contributed by atoms with Crippen molar-refractivity contribution in [3.05, 3.63) is 23.1 Å². The van der Waals surface area contributed by atoms with E-state index in [1.807, 2.05) is 6.07 Å². The number of aliphatic hydroxyl groups excluding tert-OH is 3. The number of anilines is 1. The highest BCUT2D eigenvalue weighted by molar-refractivity contribution is 6.28. The highest BCUT2D eigenvalue weighted by atomic mass is 35.5. The number of aliphatic hydroxyl groups is 3. The Hall–Kier alpha value is -1.96. The molecule has 2 fully saturated rings. The van der Waals surface area contributed by atoms with Gasteiger partial charge in [-0.1, -0.05) is 12.8 Å². The molecule has 1 aliphatic carbocycles. The SMILES string of the molecule is N#C[C@@]1(c2ccc3c(NC4CCCC4)nc(Cl)nn23)O[C@H](CO)[C@@H](O)[C@H]1O. The van der Waals surface area contributed by atoms with Gasteiger partial charge in [0.05, 0.1) is 12.3 Å². The third-order valence-electron chi connectivity index (χ3n) is 5.37. The number of hydrogen-bond donors (Lipinski definition) is 4. The molecule has 27 heavy (non-hydrogen) atoms. The molecule has 4 atom stereocenters. The summed E-state index contributed by atoms with van der Waals surface area (Å²) in [5.41, 5.74) is -1.10. The van der Waals surface area contributed by atoms with Crippen LogP contribution in [0.3, 0.4) is 0 Å². The van der Waals surface area contributed by atoms with Crippen LogP contribution in [0.4, 0.5) is 5.82 Å². The van der Waals surface area contributed by atoms with Crippen LogP contribution in [0, 0.1) is 11.3 Å². The molecular weight excluding hydrogens is 374 g/mol. The topological polar surface area (TPSA) is 136 Å². The second kappa shape index (κ2) is 6.89. The number of hydrogen-bond acceptors (Lipinski definition) is 8. The lowest BCUT2D eigenvalue weighted by Crippen LogP contribution is -2.41. The molecule has 0 radical (unpaired) electrons. The van der Waals surface area contributed by atoms with Crippen LogP contribution in [0.25, 0.3) is 5.52 Å². The third kappa shape index (κ3) is 2.85. The Morgan fingerprint density at radius 3 is 2.74 bits per heavy atom. The summed E-state index contributed by atoms with van der Waals surface area (Å²) in [6.07, 6.45) is 0.323. The summed E-state index contributed by atoms with van der Waals surface area (Å²) >= 11 is 6.10. The maximum Gasteiger partial charge on any atom is 0.243 e. The van der Waals surface area contributed by atoms with Crippen molar-refractivity contribution in [2.75, 3.05) is 11.9 Å². The van der Waals surface area contributed by atoms with Crippen molar-refractivity contribution >= 4 is 22.9 Å². The van der Waals surface area contributed by atoms with Crippen molar-refractivity contribution in [3.63, 3.8) is 0 Å².